The molecule has 1 saturated heterocycles. The smallest absolute Gasteiger partial charge is 0.0136 e. The summed E-state index contributed by atoms with van der Waals surface area (Å²) in [5, 5.41) is 0. The second kappa shape index (κ2) is 9.07. The lowest BCUT2D eigenvalue weighted by Gasteiger charge is -2.46. The SMILES string of the molecule is CC1CCC(C2CCC(N3C4CCCC(C)C4C4C(C(C)C)CCCC43)CC2)CC1. The Morgan fingerprint density at radius 3 is 1.80 bits per heavy atom. The average molecular weight is 414 g/mol. The molecule has 5 rings (SSSR count). The number of fused-ring (bicyclic) bond motifs is 3. The topological polar surface area (TPSA) is 3.24 Å². The predicted molar refractivity (Wildman–Crippen MR) is 128 cm³/mol. The molecule has 6 unspecified atom stereocenters. The van der Waals surface area contributed by atoms with E-state index in [-0.39, 0.29) is 0 Å². The van der Waals surface area contributed by atoms with E-state index < -0.39 is 0 Å². The van der Waals surface area contributed by atoms with Crippen LogP contribution in [0.15, 0.2) is 0 Å². The molecule has 1 heterocycles. The lowest BCUT2D eigenvalue weighted by atomic mass is 9.62. The molecular formula is C29H51N. The molecule has 0 aromatic heterocycles. The molecule has 0 aromatic rings. The van der Waals surface area contributed by atoms with Crippen LogP contribution in [0, 0.1) is 47.3 Å². The van der Waals surface area contributed by atoms with Gasteiger partial charge in [-0.05, 0) is 105 Å². The van der Waals surface area contributed by atoms with Gasteiger partial charge in [0, 0.05) is 18.1 Å². The second-order valence-electron chi connectivity index (χ2n) is 13.1. The van der Waals surface area contributed by atoms with Gasteiger partial charge in [-0.15, -0.1) is 0 Å². The van der Waals surface area contributed by atoms with Gasteiger partial charge in [-0.2, -0.15) is 0 Å². The summed E-state index contributed by atoms with van der Waals surface area (Å²) >= 11 is 0. The number of hydrogen-bond acceptors (Lipinski definition) is 1. The van der Waals surface area contributed by atoms with Crippen molar-refractivity contribution in [2.24, 2.45) is 47.3 Å². The van der Waals surface area contributed by atoms with E-state index in [4.69, 9.17) is 0 Å². The Kier molecular flexibility index (Phi) is 6.59. The molecule has 0 spiro atoms. The van der Waals surface area contributed by atoms with E-state index in [0.717, 1.165) is 65.5 Å². The Morgan fingerprint density at radius 1 is 0.600 bits per heavy atom. The Hall–Kier alpha value is -0.0400. The van der Waals surface area contributed by atoms with Crippen molar-refractivity contribution in [3.63, 3.8) is 0 Å². The lowest BCUT2D eigenvalue weighted by Crippen LogP contribution is -2.49. The van der Waals surface area contributed by atoms with Gasteiger partial charge in [0.25, 0.3) is 0 Å². The van der Waals surface area contributed by atoms with Crippen LogP contribution >= 0.6 is 0 Å². The van der Waals surface area contributed by atoms with E-state index in [0.29, 0.717) is 0 Å². The van der Waals surface area contributed by atoms with Crippen LogP contribution in [0.25, 0.3) is 0 Å². The van der Waals surface area contributed by atoms with E-state index in [1.54, 1.807) is 25.7 Å². The molecule has 1 nitrogen and oxygen atoms in total. The molecule has 4 aliphatic carbocycles. The summed E-state index contributed by atoms with van der Waals surface area (Å²) in [6.45, 7) is 10.2. The second-order valence-corrected chi connectivity index (χ2v) is 13.1. The minimum Gasteiger partial charge on any atom is -0.294 e. The molecule has 0 radical (unpaired) electrons. The molecule has 0 aromatic carbocycles. The number of nitrogens with zero attached hydrogens (tertiary/aromatic N) is 1. The Balaban J connectivity index is 1.30. The molecule has 0 bridgehead atoms. The quantitative estimate of drug-likeness (QED) is 0.454. The lowest BCUT2D eigenvalue weighted by molar-refractivity contribution is 0.0327. The van der Waals surface area contributed by atoms with Gasteiger partial charge in [0.1, 0.15) is 0 Å². The highest BCUT2D eigenvalue weighted by Crippen LogP contribution is 2.56. The van der Waals surface area contributed by atoms with Crippen molar-refractivity contribution in [1.82, 2.24) is 4.90 Å². The third-order valence-corrected chi connectivity index (χ3v) is 11.2. The van der Waals surface area contributed by atoms with Crippen molar-refractivity contribution in [3.8, 4) is 0 Å². The summed E-state index contributed by atoms with van der Waals surface area (Å²) in [5.74, 6) is 8.06. The largest absolute Gasteiger partial charge is 0.294 e. The van der Waals surface area contributed by atoms with Crippen molar-refractivity contribution in [3.05, 3.63) is 0 Å². The minimum absolute atomic E-state index is 0.886. The Morgan fingerprint density at radius 2 is 1.17 bits per heavy atom. The van der Waals surface area contributed by atoms with Gasteiger partial charge in [-0.1, -0.05) is 59.8 Å². The fourth-order valence-electron chi connectivity index (χ4n) is 9.71. The zero-order chi connectivity index (χ0) is 20.8. The molecule has 172 valence electrons. The fraction of sp³-hybridized carbons (Fsp3) is 1.00. The third kappa shape index (κ3) is 3.92. The first-order chi connectivity index (χ1) is 14.5. The highest BCUT2D eigenvalue weighted by atomic mass is 15.3. The zero-order valence-corrected chi connectivity index (χ0v) is 20.7. The van der Waals surface area contributed by atoms with Gasteiger partial charge in [0.2, 0.25) is 0 Å². The molecule has 1 heteroatoms. The molecule has 4 saturated carbocycles. The Bertz CT molecular complexity index is 553. The highest BCUT2D eigenvalue weighted by Gasteiger charge is 2.56. The predicted octanol–water partition coefficient (Wildman–Crippen LogP) is 7.93. The third-order valence-electron chi connectivity index (χ3n) is 11.2. The summed E-state index contributed by atoms with van der Waals surface area (Å²) < 4.78 is 0. The molecule has 5 aliphatic rings. The van der Waals surface area contributed by atoms with Crippen LogP contribution in [0.2, 0.25) is 0 Å². The monoisotopic (exact) mass is 413 g/mol. The number of rotatable bonds is 3. The maximum absolute atomic E-state index is 3.23. The van der Waals surface area contributed by atoms with Crippen molar-refractivity contribution >= 4 is 0 Å². The van der Waals surface area contributed by atoms with Gasteiger partial charge in [0.05, 0.1) is 0 Å². The van der Waals surface area contributed by atoms with Gasteiger partial charge in [-0.25, -0.2) is 0 Å². The minimum atomic E-state index is 0.886. The van der Waals surface area contributed by atoms with Gasteiger partial charge >= 0.3 is 0 Å². The first-order valence-electron chi connectivity index (χ1n) is 14.3. The van der Waals surface area contributed by atoms with Crippen LogP contribution in [0.1, 0.15) is 118 Å². The van der Waals surface area contributed by atoms with E-state index in [2.05, 4.69) is 32.6 Å². The highest BCUT2D eigenvalue weighted by molar-refractivity contribution is 5.09. The van der Waals surface area contributed by atoms with Crippen LogP contribution in [0.5, 0.6) is 0 Å². The van der Waals surface area contributed by atoms with Crippen LogP contribution in [-0.4, -0.2) is 23.0 Å². The van der Waals surface area contributed by atoms with E-state index >= 15 is 0 Å². The van der Waals surface area contributed by atoms with Crippen LogP contribution in [0.4, 0.5) is 0 Å². The normalized spacial score (nSPS) is 50.3. The van der Waals surface area contributed by atoms with Gasteiger partial charge < -0.3 is 0 Å². The van der Waals surface area contributed by atoms with Crippen molar-refractivity contribution in [2.45, 2.75) is 136 Å². The standard InChI is InChI=1S/C29H51N/c1-19(2)25-8-6-10-27-29(25)28-21(4)7-5-9-26(28)30(27)24-17-15-23(16-18-24)22-13-11-20(3)12-14-22/h19-29H,5-18H2,1-4H3. The molecule has 0 N–H and O–H groups in total. The maximum Gasteiger partial charge on any atom is 0.0136 e. The van der Waals surface area contributed by atoms with E-state index in [1.807, 2.05) is 0 Å². The average Bonchev–Trinajstić information content (AvgIpc) is 3.10. The van der Waals surface area contributed by atoms with Crippen LogP contribution in [-0.2, 0) is 0 Å². The molecule has 30 heavy (non-hydrogen) atoms. The Labute approximate surface area is 188 Å². The van der Waals surface area contributed by atoms with E-state index in [9.17, 15) is 0 Å². The van der Waals surface area contributed by atoms with Crippen molar-refractivity contribution < 1.29 is 0 Å². The van der Waals surface area contributed by atoms with Crippen LogP contribution < -0.4 is 0 Å². The molecule has 6 atom stereocenters. The summed E-state index contributed by atoms with van der Waals surface area (Å²) in [5.41, 5.74) is 0. The molecule has 1 aliphatic heterocycles. The van der Waals surface area contributed by atoms with Crippen molar-refractivity contribution in [1.29, 1.82) is 0 Å². The van der Waals surface area contributed by atoms with Crippen molar-refractivity contribution in [2.75, 3.05) is 0 Å². The molecule has 5 fully saturated rings. The first-order valence-corrected chi connectivity index (χ1v) is 14.3. The zero-order valence-electron chi connectivity index (χ0n) is 20.7. The van der Waals surface area contributed by atoms with Gasteiger partial charge in [0.15, 0.2) is 0 Å². The van der Waals surface area contributed by atoms with E-state index in [1.165, 1.54) is 64.2 Å². The summed E-state index contributed by atoms with van der Waals surface area (Å²) in [4.78, 5) is 3.23. The van der Waals surface area contributed by atoms with Crippen LogP contribution in [0.3, 0.4) is 0 Å². The summed E-state index contributed by atoms with van der Waals surface area (Å²) in [7, 11) is 0. The fourth-order valence-corrected chi connectivity index (χ4v) is 9.71. The molecular weight excluding hydrogens is 362 g/mol. The first kappa shape index (κ1) is 21.8. The van der Waals surface area contributed by atoms with Gasteiger partial charge in [-0.3, -0.25) is 4.90 Å². The number of hydrogen-bond donors (Lipinski definition) is 0. The summed E-state index contributed by atoms with van der Waals surface area (Å²) in [6, 6.07) is 2.82. The number of likely N-dealkylation sites (tertiary alicyclic amines) is 1. The summed E-state index contributed by atoms with van der Waals surface area (Å²) in [6.07, 6.45) is 21.4. The molecule has 0 amide bonds. The maximum atomic E-state index is 3.23.